The number of hydrogen-bond acceptors (Lipinski definition) is 1. The van der Waals surface area contributed by atoms with Gasteiger partial charge in [-0.25, -0.2) is 4.79 Å². The number of rotatable bonds is 3. The molecule has 1 aliphatic rings. The normalized spacial score (nSPS) is 12.8. The number of fused-ring (bicyclic) bond motifs is 1. The maximum absolute atomic E-state index is 11.9. The molecule has 0 unspecified atom stereocenters. The first-order valence-electron chi connectivity index (χ1n) is 7.12. The topological polar surface area (TPSA) is 41.1 Å². The Morgan fingerprint density at radius 1 is 1.10 bits per heavy atom. The van der Waals surface area contributed by atoms with E-state index in [4.69, 9.17) is 11.6 Å². The molecule has 3 nitrogen and oxygen atoms in total. The van der Waals surface area contributed by atoms with Crippen molar-refractivity contribution in [2.75, 3.05) is 5.32 Å². The second kappa shape index (κ2) is 6.19. The third kappa shape index (κ3) is 3.56. The third-order valence-corrected chi connectivity index (χ3v) is 3.93. The summed E-state index contributed by atoms with van der Waals surface area (Å²) in [6.07, 6.45) is 3.46. The maximum atomic E-state index is 11.9. The fourth-order valence-electron chi connectivity index (χ4n) is 2.65. The van der Waals surface area contributed by atoms with Crippen molar-refractivity contribution < 1.29 is 4.79 Å². The third-order valence-electron chi connectivity index (χ3n) is 3.70. The molecule has 2 aromatic rings. The molecule has 0 bridgehead atoms. The van der Waals surface area contributed by atoms with Crippen molar-refractivity contribution >= 4 is 23.3 Å². The highest BCUT2D eigenvalue weighted by atomic mass is 35.5. The molecule has 0 saturated carbocycles. The van der Waals surface area contributed by atoms with Crippen LogP contribution in [0.5, 0.6) is 0 Å². The van der Waals surface area contributed by atoms with Crippen molar-refractivity contribution in [1.29, 1.82) is 0 Å². The largest absolute Gasteiger partial charge is 0.334 e. The Kier molecular flexibility index (Phi) is 4.11. The molecule has 0 aromatic heterocycles. The van der Waals surface area contributed by atoms with E-state index < -0.39 is 0 Å². The van der Waals surface area contributed by atoms with E-state index in [0.29, 0.717) is 11.6 Å². The summed E-state index contributed by atoms with van der Waals surface area (Å²) in [7, 11) is 0. The van der Waals surface area contributed by atoms with Gasteiger partial charge in [-0.1, -0.05) is 29.8 Å². The summed E-state index contributed by atoms with van der Waals surface area (Å²) in [5, 5.41) is 6.38. The van der Waals surface area contributed by atoms with Gasteiger partial charge in [0.15, 0.2) is 0 Å². The Bertz CT molecular complexity index is 670. The lowest BCUT2D eigenvalue weighted by molar-refractivity contribution is 0.251. The van der Waals surface area contributed by atoms with Gasteiger partial charge in [-0.05, 0) is 60.2 Å². The van der Waals surface area contributed by atoms with Gasteiger partial charge in [0.25, 0.3) is 0 Å². The van der Waals surface area contributed by atoms with Crippen LogP contribution in [0.2, 0.25) is 5.02 Å². The summed E-state index contributed by atoms with van der Waals surface area (Å²) in [5.41, 5.74) is 4.58. The highest BCUT2D eigenvalue weighted by Crippen LogP contribution is 2.24. The lowest BCUT2D eigenvalue weighted by atomic mass is 10.1. The van der Waals surface area contributed by atoms with E-state index in [-0.39, 0.29) is 6.03 Å². The van der Waals surface area contributed by atoms with Crippen LogP contribution in [-0.2, 0) is 19.4 Å². The summed E-state index contributed by atoms with van der Waals surface area (Å²) in [5.74, 6) is 0. The summed E-state index contributed by atoms with van der Waals surface area (Å²) in [6.45, 7) is 0.456. The molecule has 1 aliphatic carbocycles. The van der Waals surface area contributed by atoms with Gasteiger partial charge in [-0.2, -0.15) is 0 Å². The van der Waals surface area contributed by atoms with E-state index in [0.717, 1.165) is 24.1 Å². The monoisotopic (exact) mass is 300 g/mol. The Morgan fingerprint density at radius 3 is 2.81 bits per heavy atom. The number of aryl methyl sites for hydroxylation is 2. The number of carbonyl (C=O) groups excluding carboxylic acids is 1. The minimum absolute atomic E-state index is 0.201. The van der Waals surface area contributed by atoms with Crippen LogP contribution in [0.4, 0.5) is 10.5 Å². The van der Waals surface area contributed by atoms with Gasteiger partial charge in [-0.3, -0.25) is 0 Å². The smallest absolute Gasteiger partial charge is 0.319 e. The Balaban J connectivity index is 1.57. The van der Waals surface area contributed by atoms with E-state index in [1.54, 1.807) is 0 Å². The van der Waals surface area contributed by atoms with Crippen LogP contribution < -0.4 is 10.6 Å². The van der Waals surface area contributed by atoms with Crippen LogP contribution in [0.15, 0.2) is 42.5 Å². The molecule has 0 radical (unpaired) electrons. The van der Waals surface area contributed by atoms with Gasteiger partial charge in [0.2, 0.25) is 0 Å². The fourth-order valence-corrected chi connectivity index (χ4v) is 2.87. The zero-order chi connectivity index (χ0) is 14.7. The molecule has 0 aliphatic heterocycles. The van der Waals surface area contributed by atoms with Gasteiger partial charge in [-0.15, -0.1) is 0 Å². The quantitative estimate of drug-likeness (QED) is 0.878. The first-order chi connectivity index (χ1) is 10.2. The molecule has 0 heterocycles. The first kappa shape index (κ1) is 14.0. The zero-order valence-corrected chi connectivity index (χ0v) is 12.4. The number of nitrogens with one attached hydrogen (secondary N) is 2. The van der Waals surface area contributed by atoms with Crippen molar-refractivity contribution in [3.63, 3.8) is 0 Å². The molecule has 2 amide bonds. The maximum Gasteiger partial charge on any atom is 0.319 e. The minimum atomic E-state index is -0.201. The van der Waals surface area contributed by atoms with Crippen LogP contribution in [0.1, 0.15) is 23.1 Å². The Morgan fingerprint density at radius 2 is 1.95 bits per heavy atom. The highest BCUT2D eigenvalue weighted by Gasteiger charge is 2.11. The summed E-state index contributed by atoms with van der Waals surface area (Å²) >= 11 is 5.92. The van der Waals surface area contributed by atoms with Crippen LogP contribution >= 0.6 is 11.6 Å². The van der Waals surface area contributed by atoms with Crippen molar-refractivity contribution in [3.8, 4) is 0 Å². The average molecular weight is 301 g/mol. The van der Waals surface area contributed by atoms with Crippen molar-refractivity contribution in [2.24, 2.45) is 0 Å². The van der Waals surface area contributed by atoms with Gasteiger partial charge in [0.05, 0.1) is 0 Å². The van der Waals surface area contributed by atoms with E-state index in [1.165, 1.54) is 17.5 Å². The van der Waals surface area contributed by atoms with Gasteiger partial charge in [0.1, 0.15) is 0 Å². The van der Waals surface area contributed by atoms with Crippen LogP contribution in [-0.4, -0.2) is 6.03 Å². The lowest BCUT2D eigenvalue weighted by Crippen LogP contribution is -2.28. The molecule has 0 saturated heterocycles. The number of urea groups is 1. The van der Waals surface area contributed by atoms with E-state index in [1.807, 2.05) is 30.3 Å². The second-order valence-electron chi connectivity index (χ2n) is 5.27. The Labute approximate surface area is 129 Å². The molecule has 2 aromatic carbocycles. The minimum Gasteiger partial charge on any atom is -0.334 e. The predicted octanol–water partition coefficient (Wildman–Crippen LogP) is 4.15. The van der Waals surface area contributed by atoms with Gasteiger partial charge >= 0.3 is 6.03 Å². The summed E-state index contributed by atoms with van der Waals surface area (Å²) < 4.78 is 0. The summed E-state index contributed by atoms with van der Waals surface area (Å²) in [6, 6.07) is 13.4. The number of anilines is 1. The molecule has 21 heavy (non-hydrogen) atoms. The van der Waals surface area contributed by atoms with Crippen molar-refractivity contribution in [2.45, 2.75) is 25.8 Å². The molecule has 0 spiro atoms. The standard InChI is InChI=1S/C17H17ClN2O/c18-15-6-1-3-12(9-15)11-19-17(21)20-16-8-7-13-4-2-5-14(13)10-16/h1,3,6-10H,2,4-5,11H2,(H2,19,20,21). The predicted molar refractivity (Wildman–Crippen MR) is 85.8 cm³/mol. The number of benzene rings is 2. The summed E-state index contributed by atoms with van der Waals surface area (Å²) in [4.78, 5) is 11.9. The van der Waals surface area contributed by atoms with Crippen molar-refractivity contribution in [1.82, 2.24) is 5.32 Å². The van der Waals surface area contributed by atoms with Crippen LogP contribution in [0, 0.1) is 0 Å². The molecule has 3 rings (SSSR count). The van der Waals surface area contributed by atoms with E-state index >= 15 is 0 Å². The molecule has 2 N–H and O–H groups in total. The highest BCUT2D eigenvalue weighted by molar-refractivity contribution is 6.30. The Hall–Kier alpha value is -2.00. The van der Waals surface area contributed by atoms with E-state index in [2.05, 4.69) is 22.8 Å². The van der Waals surface area contributed by atoms with Crippen LogP contribution in [0.3, 0.4) is 0 Å². The van der Waals surface area contributed by atoms with Crippen molar-refractivity contribution in [3.05, 3.63) is 64.2 Å². The molecular weight excluding hydrogens is 284 g/mol. The molecule has 108 valence electrons. The number of hydrogen-bond donors (Lipinski definition) is 2. The van der Waals surface area contributed by atoms with E-state index in [9.17, 15) is 4.79 Å². The molecule has 0 atom stereocenters. The number of carbonyl (C=O) groups is 1. The lowest BCUT2D eigenvalue weighted by Gasteiger charge is -2.09. The zero-order valence-electron chi connectivity index (χ0n) is 11.7. The SMILES string of the molecule is O=C(NCc1cccc(Cl)c1)Nc1ccc2c(c1)CCC2. The second-order valence-corrected chi connectivity index (χ2v) is 5.71. The fraction of sp³-hybridized carbons (Fsp3) is 0.235. The van der Waals surface area contributed by atoms with Gasteiger partial charge in [0, 0.05) is 17.3 Å². The van der Waals surface area contributed by atoms with Crippen LogP contribution in [0.25, 0.3) is 0 Å². The molecule has 0 fully saturated rings. The molecular formula is C17H17ClN2O. The van der Waals surface area contributed by atoms with Gasteiger partial charge < -0.3 is 10.6 Å². The first-order valence-corrected chi connectivity index (χ1v) is 7.49. The number of halogens is 1. The number of amides is 2. The molecule has 4 heteroatoms. The average Bonchev–Trinajstić information content (AvgIpc) is 2.93.